The number of hydrazine groups is 1. The fraction of sp³-hybridized carbons (Fsp3) is 0.130. The Kier molecular flexibility index (Phi) is 6.97. The summed E-state index contributed by atoms with van der Waals surface area (Å²) < 4.78 is 0. The van der Waals surface area contributed by atoms with Crippen molar-refractivity contribution in [3.8, 4) is 0 Å². The van der Waals surface area contributed by atoms with E-state index in [0.29, 0.717) is 5.56 Å². The highest BCUT2D eigenvalue weighted by atomic mass is 16.1. The number of rotatable bonds is 9. The average molecular weight is 388 g/mol. The minimum absolute atomic E-state index is 0.161. The van der Waals surface area contributed by atoms with Crippen LogP contribution < -0.4 is 21.9 Å². The van der Waals surface area contributed by atoms with E-state index in [1.165, 1.54) is 0 Å². The molecule has 1 unspecified atom stereocenters. The maximum absolute atomic E-state index is 12.5. The van der Waals surface area contributed by atoms with Crippen molar-refractivity contribution in [1.29, 1.82) is 0 Å². The van der Waals surface area contributed by atoms with Gasteiger partial charge in [0, 0.05) is 17.7 Å². The number of hydrogen-bond acceptors (Lipinski definition) is 5. The minimum atomic E-state index is -0.724. The Balaban J connectivity index is 1.47. The largest absolute Gasteiger partial charge is 0.326 e. The third kappa shape index (κ3) is 6.19. The zero-order valence-corrected chi connectivity index (χ0v) is 16.0. The van der Waals surface area contributed by atoms with Crippen LogP contribution in [0.15, 0.2) is 84.9 Å². The van der Waals surface area contributed by atoms with Crippen LogP contribution in [0.5, 0.6) is 0 Å². The summed E-state index contributed by atoms with van der Waals surface area (Å²) in [6, 6.07) is 25.2. The summed E-state index contributed by atoms with van der Waals surface area (Å²) in [6.07, 6.45) is 0.468. The van der Waals surface area contributed by atoms with E-state index in [4.69, 9.17) is 5.73 Å². The summed E-state index contributed by atoms with van der Waals surface area (Å²) >= 11 is 0. The van der Waals surface area contributed by atoms with E-state index in [1.807, 2.05) is 60.7 Å². The number of carbonyl (C=O) groups excluding carboxylic acids is 2. The summed E-state index contributed by atoms with van der Waals surface area (Å²) in [5.41, 5.74) is 15.2. The zero-order valence-electron chi connectivity index (χ0n) is 16.0. The van der Waals surface area contributed by atoms with Crippen LogP contribution in [0.4, 0.5) is 17.1 Å². The summed E-state index contributed by atoms with van der Waals surface area (Å²) in [5.74, 6) is -0.342. The monoisotopic (exact) mass is 388 g/mol. The first-order chi connectivity index (χ1) is 14.1. The van der Waals surface area contributed by atoms with Crippen LogP contribution in [0.25, 0.3) is 0 Å². The number of benzene rings is 3. The molecule has 0 aromatic heterocycles. The smallest absolute Gasteiger partial charge is 0.224 e. The highest BCUT2D eigenvalue weighted by Gasteiger charge is 2.17. The summed E-state index contributed by atoms with van der Waals surface area (Å²) in [5, 5.41) is 2.79. The number of anilines is 3. The molecular formula is C23H24N4O2. The van der Waals surface area contributed by atoms with Crippen LogP contribution in [0.2, 0.25) is 0 Å². The SMILES string of the molecule is NC(CCC(=O)Nc1ccccc1)C(=O)c1ccc(NNc2ccccc2)cc1. The van der Waals surface area contributed by atoms with E-state index in [-0.39, 0.29) is 24.5 Å². The van der Waals surface area contributed by atoms with Gasteiger partial charge >= 0.3 is 0 Å². The molecule has 1 amide bonds. The van der Waals surface area contributed by atoms with Gasteiger partial charge in [-0.05, 0) is 55.0 Å². The maximum Gasteiger partial charge on any atom is 0.224 e. The molecule has 0 saturated carbocycles. The predicted molar refractivity (Wildman–Crippen MR) is 117 cm³/mol. The Morgan fingerprint density at radius 2 is 1.24 bits per heavy atom. The van der Waals surface area contributed by atoms with Gasteiger partial charge in [-0.3, -0.25) is 9.59 Å². The molecule has 29 heavy (non-hydrogen) atoms. The van der Waals surface area contributed by atoms with Crippen molar-refractivity contribution < 1.29 is 9.59 Å². The van der Waals surface area contributed by atoms with Crippen LogP contribution >= 0.6 is 0 Å². The number of para-hydroxylation sites is 2. The van der Waals surface area contributed by atoms with Crippen molar-refractivity contribution in [3.63, 3.8) is 0 Å². The number of hydrogen-bond donors (Lipinski definition) is 4. The molecule has 0 aliphatic rings. The highest BCUT2D eigenvalue weighted by Crippen LogP contribution is 2.14. The van der Waals surface area contributed by atoms with Crippen LogP contribution in [-0.2, 0) is 4.79 Å². The molecule has 6 nitrogen and oxygen atoms in total. The predicted octanol–water partition coefficient (Wildman–Crippen LogP) is 4.05. The average Bonchev–Trinajstić information content (AvgIpc) is 2.77. The Bertz CT molecular complexity index is 928. The number of Topliss-reactive ketones (excluding diaryl/α,β-unsaturated/α-hetero) is 1. The molecule has 0 bridgehead atoms. The maximum atomic E-state index is 12.5. The van der Waals surface area contributed by atoms with Crippen LogP contribution in [-0.4, -0.2) is 17.7 Å². The van der Waals surface area contributed by atoms with Gasteiger partial charge in [-0.2, -0.15) is 0 Å². The quantitative estimate of drug-likeness (QED) is 0.328. The molecule has 5 N–H and O–H groups in total. The Hall–Kier alpha value is -3.64. The highest BCUT2D eigenvalue weighted by molar-refractivity contribution is 6.00. The molecule has 0 aliphatic heterocycles. The first kappa shape index (κ1) is 20.1. The van der Waals surface area contributed by atoms with E-state index in [0.717, 1.165) is 17.1 Å². The molecule has 3 aromatic carbocycles. The Labute approximate surface area is 170 Å². The van der Waals surface area contributed by atoms with Crippen LogP contribution in [0.3, 0.4) is 0 Å². The second kappa shape index (κ2) is 10.1. The number of carbonyl (C=O) groups is 2. The number of ketones is 1. The van der Waals surface area contributed by atoms with E-state index in [1.54, 1.807) is 24.3 Å². The second-order valence-corrected chi connectivity index (χ2v) is 6.62. The third-order valence-electron chi connectivity index (χ3n) is 4.37. The van der Waals surface area contributed by atoms with Crippen molar-refractivity contribution in [1.82, 2.24) is 0 Å². The molecule has 0 saturated heterocycles. The molecule has 6 heteroatoms. The van der Waals surface area contributed by atoms with Gasteiger partial charge in [0.05, 0.1) is 17.4 Å². The van der Waals surface area contributed by atoms with Gasteiger partial charge in [-0.15, -0.1) is 0 Å². The normalized spacial score (nSPS) is 11.3. The molecule has 0 aliphatic carbocycles. The number of amides is 1. The molecule has 0 radical (unpaired) electrons. The number of nitrogens with one attached hydrogen (secondary N) is 3. The summed E-state index contributed by atoms with van der Waals surface area (Å²) in [7, 11) is 0. The van der Waals surface area contributed by atoms with Gasteiger partial charge in [-0.25, -0.2) is 0 Å². The molecular weight excluding hydrogens is 364 g/mol. The molecule has 1 atom stereocenters. The first-order valence-corrected chi connectivity index (χ1v) is 9.43. The molecule has 0 heterocycles. The van der Waals surface area contributed by atoms with Gasteiger partial charge in [0.15, 0.2) is 5.78 Å². The number of nitrogens with two attached hydrogens (primary N) is 1. The van der Waals surface area contributed by atoms with Gasteiger partial charge in [-0.1, -0.05) is 36.4 Å². The van der Waals surface area contributed by atoms with Crippen molar-refractivity contribution >= 4 is 28.8 Å². The van der Waals surface area contributed by atoms with E-state index in [9.17, 15) is 9.59 Å². The zero-order chi connectivity index (χ0) is 20.5. The summed E-state index contributed by atoms with van der Waals surface area (Å²) in [6.45, 7) is 0. The molecule has 0 spiro atoms. The van der Waals surface area contributed by atoms with Crippen molar-refractivity contribution in [3.05, 3.63) is 90.5 Å². The molecule has 148 valence electrons. The van der Waals surface area contributed by atoms with Gasteiger partial charge in [0.25, 0.3) is 0 Å². The lowest BCUT2D eigenvalue weighted by atomic mass is 10.0. The molecule has 3 rings (SSSR count). The van der Waals surface area contributed by atoms with E-state index in [2.05, 4.69) is 16.2 Å². The summed E-state index contributed by atoms with van der Waals surface area (Å²) in [4.78, 5) is 24.5. The lowest BCUT2D eigenvalue weighted by Crippen LogP contribution is -2.31. The Morgan fingerprint density at radius 1 is 0.724 bits per heavy atom. The van der Waals surface area contributed by atoms with Crippen LogP contribution in [0.1, 0.15) is 23.2 Å². The van der Waals surface area contributed by atoms with E-state index >= 15 is 0 Å². The molecule has 0 fully saturated rings. The van der Waals surface area contributed by atoms with Crippen molar-refractivity contribution in [2.45, 2.75) is 18.9 Å². The van der Waals surface area contributed by atoms with Crippen molar-refractivity contribution in [2.24, 2.45) is 5.73 Å². The van der Waals surface area contributed by atoms with E-state index < -0.39 is 6.04 Å². The second-order valence-electron chi connectivity index (χ2n) is 6.62. The fourth-order valence-electron chi connectivity index (χ4n) is 2.76. The lowest BCUT2D eigenvalue weighted by molar-refractivity contribution is -0.116. The standard InChI is InChI=1S/C23H24N4O2/c24-21(15-16-22(28)25-18-7-3-1-4-8-18)23(29)17-11-13-20(14-12-17)27-26-19-9-5-2-6-10-19/h1-14,21,26-27H,15-16,24H2,(H,25,28). The van der Waals surface area contributed by atoms with Gasteiger partial charge in [0.1, 0.15) is 0 Å². The third-order valence-corrected chi connectivity index (χ3v) is 4.37. The topological polar surface area (TPSA) is 96.2 Å². The lowest BCUT2D eigenvalue weighted by Gasteiger charge is -2.12. The Morgan fingerprint density at radius 3 is 1.83 bits per heavy atom. The van der Waals surface area contributed by atoms with Crippen LogP contribution in [0, 0.1) is 0 Å². The van der Waals surface area contributed by atoms with Crippen molar-refractivity contribution in [2.75, 3.05) is 16.2 Å². The molecule has 3 aromatic rings. The minimum Gasteiger partial charge on any atom is -0.326 e. The first-order valence-electron chi connectivity index (χ1n) is 9.43. The van der Waals surface area contributed by atoms with Gasteiger partial charge < -0.3 is 21.9 Å². The van der Waals surface area contributed by atoms with Gasteiger partial charge in [0.2, 0.25) is 5.91 Å². The fourth-order valence-corrected chi connectivity index (χ4v) is 2.76.